The Bertz CT molecular complexity index is 800. The standard InChI is InChI=1S/C15H10ClFN2O/c1-8-9-5-11(16)10(6-13(9)19-7-18-8)15-12(17)3-2-4-14(15)20/h2-7,20H,1H3. The molecular weight excluding hydrogens is 279 g/mol. The molecular formula is C15H10ClFN2O. The molecule has 3 rings (SSSR count). The third-order valence-electron chi connectivity index (χ3n) is 3.18. The summed E-state index contributed by atoms with van der Waals surface area (Å²) in [7, 11) is 0. The summed E-state index contributed by atoms with van der Waals surface area (Å²) in [4.78, 5) is 8.25. The minimum atomic E-state index is -0.531. The molecule has 20 heavy (non-hydrogen) atoms. The van der Waals surface area contributed by atoms with E-state index >= 15 is 0 Å². The summed E-state index contributed by atoms with van der Waals surface area (Å²) in [5.74, 6) is -0.686. The van der Waals surface area contributed by atoms with E-state index < -0.39 is 5.82 Å². The first-order chi connectivity index (χ1) is 9.58. The SMILES string of the molecule is Cc1ncnc2cc(-c3c(O)cccc3F)c(Cl)cc12. The van der Waals surface area contributed by atoms with Crippen molar-refractivity contribution >= 4 is 22.5 Å². The van der Waals surface area contributed by atoms with Crippen LogP contribution >= 0.6 is 11.6 Å². The molecule has 0 aliphatic carbocycles. The second kappa shape index (κ2) is 4.72. The zero-order valence-corrected chi connectivity index (χ0v) is 11.3. The van der Waals surface area contributed by atoms with Crippen LogP contribution in [0.2, 0.25) is 5.02 Å². The smallest absolute Gasteiger partial charge is 0.134 e. The second-order valence-electron chi connectivity index (χ2n) is 4.44. The van der Waals surface area contributed by atoms with Gasteiger partial charge in [-0.25, -0.2) is 14.4 Å². The van der Waals surface area contributed by atoms with Crippen molar-refractivity contribution < 1.29 is 9.50 Å². The summed E-state index contributed by atoms with van der Waals surface area (Å²) < 4.78 is 13.9. The number of rotatable bonds is 1. The van der Waals surface area contributed by atoms with Gasteiger partial charge in [0.2, 0.25) is 0 Å². The summed E-state index contributed by atoms with van der Waals surface area (Å²) in [6.45, 7) is 1.85. The molecule has 1 heterocycles. The van der Waals surface area contributed by atoms with Gasteiger partial charge in [0.05, 0.1) is 11.1 Å². The number of aryl methyl sites for hydroxylation is 1. The minimum Gasteiger partial charge on any atom is -0.507 e. The van der Waals surface area contributed by atoms with Crippen molar-refractivity contribution in [3.05, 3.63) is 53.2 Å². The van der Waals surface area contributed by atoms with Gasteiger partial charge in [-0.3, -0.25) is 0 Å². The zero-order valence-electron chi connectivity index (χ0n) is 10.6. The number of halogens is 2. The zero-order chi connectivity index (χ0) is 14.3. The van der Waals surface area contributed by atoms with E-state index in [0.717, 1.165) is 11.1 Å². The third-order valence-corrected chi connectivity index (χ3v) is 3.50. The highest BCUT2D eigenvalue weighted by atomic mass is 35.5. The number of nitrogens with zero attached hydrogens (tertiary/aromatic N) is 2. The molecule has 5 heteroatoms. The fraction of sp³-hybridized carbons (Fsp3) is 0.0667. The van der Waals surface area contributed by atoms with Crippen molar-refractivity contribution in [3.8, 4) is 16.9 Å². The number of aromatic nitrogens is 2. The van der Waals surface area contributed by atoms with Crippen LogP contribution in [0.15, 0.2) is 36.7 Å². The van der Waals surface area contributed by atoms with Crippen LogP contribution in [-0.4, -0.2) is 15.1 Å². The highest BCUT2D eigenvalue weighted by molar-refractivity contribution is 6.34. The molecule has 0 bridgehead atoms. The summed E-state index contributed by atoms with van der Waals surface area (Å²) in [5.41, 5.74) is 1.93. The number of phenols is 1. The summed E-state index contributed by atoms with van der Waals surface area (Å²) in [5, 5.41) is 11.0. The lowest BCUT2D eigenvalue weighted by atomic mass is 10.0. The molecule has 0 radical (unpaired) electrons. The van der Waals surface area contributed by atoms with Crippen LogP contribution in [0.1, 0.15) is 5.69 Å². The van der Waals surface area contributed by atoms with Gasteiger partial charge in [0.1, 0.15) is 17.9 Å². The van der Waals surface area contributed by atoms with E-state index in [2.05, 4.69) is 9.97 Å². The van der Waals surface area contributed by atoms with E-state index in [1.807, 2.05) is 6.92 Å². The van der Waals surface area contributed by atoms with Crippen LogP contribution in [0, 0.1) is 12.7 Å². The Morgan fingerprint density at radius 2 is 2.00 bits per heavy atom. The third kappa shape index (κ3) is 1.98. The van der Waals surface area contributed by atoms with Gasteiger partial charge in [0.25, 0.3) is 0 Å². The molecule has 0 spiro atoms. The van der Waals surface area contributed by atoms with Crippen LogP contribution in [0.25, 0.3) is 22.0 Å². The van der Waals surface area contributed by atoms with Crippen molar-refractivity contribution in [1.29, 1.82) is 0 Å². The van der Waals surface area contributed by atoms with Crippen LogP contribution in [-0.2, 0) is 0 Å². The average Bonchev–Trinajstić information content (AvgIpc) is 2.40. The lowest BCUT2D eigenvalue weighted by Gasteiger charge is -2.10. The summed E-state index contributed by atoms with van der Waals surface area (Å²) in [6, 6.07) is 7.48. The number of aromatic hydroxyl groups is 1. The summed E-state index contributed by atoms with van der Waals surface area (Å²) >= 11 is 6.22. The van der Waals surface area contributed by atoms with Gasteiger partial charge >= 0.3 is 0 Å². The number of hydrogen-bond acceptors (Lipinski definition) is 3. The molecule has 0 saturated carbocycles. The van der Waals surface area contributed by atoms with Crippen molar-refractivity contribution in [3.63, 3.8) is 0 Å². The van der Waals surface area contributed by atoms with Crippen molar-refractivity contribution in [2.45, 2.75) is 6.92 Å². The molecule has 0 atom stereocenters. The maximum atomic E-state index is 13.9. The molecule has 3 nitrogen and oxygen atoms in total. The molecule has 3 aromatic rings. The Hall–Kier alpha value is -2.20. The average molecular weight is 289 g/mol. The number of phenolic OH excluding ortho intramolecular Hbond substituents is 1. The van der Waals surface area contributed by atoms with Gasteiger partial charge in [-0.2, -0.15) is 0 Å². The van der Waals surface area contributed by atoms with Gasteiger partial charge in [-0.05, 0) is 31.2 Å². The van der Waals surface area contributed by atoms with Crippen molar-refractivity contribution in [2.75, 3.05) is 0 Å². The van der Waals surface area contributed by atoms with Crippen LogP contribution in [0.3, 0.4) is 0 Å². The first-order valence-corrected chi connectivity index (χ1v) is 6.34. The normalized spacial score (nSPS) is 10.9. The molecule has 0 unspecified atom stereocenters. The molecule has 2 aromatic carbocycles. The van der Waals surface area contributed by atoms with E-state index in [0.29, 0.717) is 16.1 Å². The van der Waals surface area contributed by atoms with E-state index in [4.69, 9.17) is 11.6 Å². The Labute approximate surface area is 119 Å². The number of benzene rings is 2. The Kier molecular flexibility index (Phi) is 3.03. The number of hydrogen-bond donors (Lipinski definition) is 1. The molecule has 100 valence electrons. The fourth-order valence-corrected chi connectivity index (χ4v) is 2.43. The predicted molar refractivity (Wildman–Crippen MR) is 76.3 cm³/mol. The first-order valence-electron chi connectivity index (χ1n) is 5.96. The van der Waals surface area contributed by atoms with E-state index in [9.17, 15) is 9.50 Å². The lowest BCUT2D eigenvalue weighted by Crippen LogP contribution is -1.91. The predicted octanol–water partition coefficient (Wildman–Crippen LogP) is 4.10. The first kappa shape index (κ1) is 12.8. The van der Waals surface area contributed by atoms with Crippen LogP contribution in [0.5, 0.6) is 5.75 Å². The van der Waals surface area contributed by atoms with E-state index in [1.165, 1.54) is 24.5 Å². The van der Waals surface area contributed by atoms with Gasteiger partial charge < -0.3 is 5.11 Å². The molecule has 0 aliphatic heterocycles. The van der Waals surface area contributed by atoms with Gasteiger partial charge in [-0.15, -0.1) is 0 Å². The van der Waals surface area contributed by atoms with Gasteiger partial charge in [0, 0.05) is 21.7 Å². The fourth-order valence-electron chi connectivity index (χ4n) is 2.18. The Balaban J connectivity index is 2.35. The molecule has 0 fully saturated rings. The van der Waals surface area contributed by atoms with Gasteiger partial charge in [-0.1, -0.05) is 17.7 Å². The highest BCUT2D eigenvalue weighted by Crippen LogP contribution is 2.38. The number of fused-ring (bicyclic) bond motifs is 1. The van der Waals surface area contributed by atoms with Crippen molar-refractivity contribution in [2.24, 2.45) is 0 Å². The topological polar surface area (TPSA) is 46.0 Å². The largest absolute Gasteiger partial charge is 0.507 e. The van der Waals surface area contributed by atoms with E-state index in [-0.39, 0.29) is 11.3 Å². The Morgan fingerprint density at radius 1 is 1.20 bits per heavy atom. The van der Waals surface area contributed by atoms with Crippen molar-refractivity contribution in [1.82, 2.24) is 9.97 Å². The second-order valence-corrected chi connectivity index (χ2v) is 4.85. The maximum absolute atomic E-state index is 13.9. The molecule has 1 aromatic heterocycles. The molecule has 1 N–H and O–H groups in total. The van der Waals surface area contributed by atoms with Gasteiger partial charge in [0.15, 0.2) is 0 Å². The molecule has 0 saturated heterocycles. The Morgan fingerprint density at radius 3 is 2.75 bits per heavy atom. The molecule has 0 aliphatic rings. The maximum Gasteiger partial charge on any atom is 0.134 e. The monoisotopic (exact) mass is 288 g/mol. The van der Waals surface area contributed by atoms with Crippen LogP contribution < -0.4 is 0 Å². The quantitative estimate of drug-likeness (QED) is 0.733. The lowest BCUT2D eigenvalue weighted by molar-refractivity contribution is 0.472. The summed E-state index contributed by atoms with van der Waals surface area (Å²) in [6.07, 6.45) is 1.44. The minimum absolute atomic E-state index is 0.0793. The van der Waals surface area contributed by atoms with Crippen LogP contribution in [0.4, 0.5) is 4.39 Å². The highest BCUT2D eigenvalue weighted by Gasteiger charge is 2.15. The molecule has 0 amide bonds. The van der Waals surface area contributed by atoms with E-state index in [1.54, 1.807) is 12.1 Å².